The minimum atomic E-state index is -3.48. The quantitative estimate of drug-likeness (QED) is 0.782. The van der Waals surface area contributed by atoms with Crippen LogP contribution >= 0.6 is 11.6 Å². The average Bonchev–Trinajstić information content (AvgIpc) is 2.70. The molecule has 0 unspecified atom stereocenters. The van der Waals surface area contributed by atoms with Gasteiger partial charge in [0.25, 0.3) is 5.91 Å². The van der Waals surface area contributed by atoms with Gasteiger partial charge < -0.3 is 10.2 Å². The summed E-state index contributed by atoms with van der Waals surface area (Å²) in [6.45, 7) is 3.82. The number of nitrogens with zero attached hydrogens (tertiary/aromatic N) is 1. The molecule has 2 aromatic rings. The lowest BCUT2D eigenvalue weighted by Crippen LogP contribution is -3.19. The van der Waals surface area contributed by atoms with E-state index in [-0.39, 0.29) is 11.9 Å². The summed E-state index contributed by atoms with van der Waals surface area (Å²) in [5.41, 5.74) is 0.695. The topological polar surface area (TPSA) is 70.9 Å². The van der Waals surface area contributed by atoms with Gasteiger partial charge in [0.2, 0.25) is 10.0 Å². The summed E-state index contributed by atoms with van der Waals surface area (Å²) >= 11 is 5.86. The van der Waals surface area contributed by atoms with Crippen LogP contribution in [0, 0.1) is 0 Å². The predicted octanol–water partition coefficient (Wildman–Crippen LogP) is 1.26. The molecule has 3 rings (SSSR count). The first kappa shape index (κ1) is 19.8. The third-order valence-electron chi connectivity index (χ3n) is 4.86. The molecule has 0 aliphatic carbocycles. The van der Waals surface area contributed by atoms with Gasteiger partial charge in [0.15, 0.2) is 6.04 Å². The zero-order chi connectivity index (χ0) is 19.4. The van der Waals surface area contributed by atoms with Crippen LogP contribution in [0.2, 0.25) is 5.02 Å². The Morgan fingerprint density at radius 1 is 1.07 bits per heavy atom. The van der Waals surface area contributed by atoms with Crippen molar-refractivity contribution in [1.29, 1.82) is 0 Å². The zero-order valence-electron chi connectivity index (χ0n) is 15.1. The van der Waals surface area contributed by atoms with Crippen LogP contribution in [0.25, 0.3) is 0 Å². The molecule has 144 valence electrons. The highest BCUT2D eigenvalue weighted by atomic mass is 35.5. The van der Waals surface area contributed by atoms with Crippen LogP contribution in [0.1, 0.15) is 6.92 Å². The second kappa shape index (κ2) is 8.39. The predicted molar refractivity (Wildman–Crippen MR) is 105 cm³/mol. The maximum Gasteiger partial charge on any atom is 0.282 e. The van der Waals surface area contributed by atoms with Crippen LogP contribution in [-0.2, 0) is 14.8 Å². The Labute approximate surface area is 164 Å². The lowest BCUT2D eigenvalue weighted by atomic mass is 10.2. The summed E-state index contributed by atoms with van der Waals surface area (Å²) in [5, 5.41) is 3.50. The zero-order valence-corrected chi connectivity index (χ0v) is 16.6. The molecular formula is C19H23ClN3O3S+. The van der Waals surface area contributed by atoms with Crippen LogP contribution in [0.15, 0.2) is 59.5 Å². The number of halogens is 1. The number of anilines is 1. The fraction of sp³-hybridized carbons (Fsp3) is 0.316. The van der Waals surface area contributed by atoms with Gasteiger partial charge in [0.1, 0.15) is 0 Å². The summed E-state index contributed by atoms with van der Waals surface area (Å²) in [4.78, 5) is 13.9. The second-order valence-electron chi connectivity index (χ2n) is 6.59. The number of quaternary nitrogens is 1. The summed E-state index contributed by atoms with van der Waals surface area (Å²) < 4.78 is 26.9. The highest BCUT2D eigenvalue weighted by Crippen LogP contribution is 2.15. The first-order valence-electron chi connectivity index (χ1n) is 8.84. The van der Waals surface area contributed by atoms with Gasteiger partial charge in [-0.15, -0.1) is 0 Å². The molecule has 2 N–H and O–H groups in total. The van der Waals surface area contributed by atoms with Crippen LogP contribution < -0.4 is 10.2 Å². The number of benzene rings is 2. The number of hydrogen-bond acceptors (Lipinski definition) is 3. The Hall–Kier alpha value is -1.93. The summed E-state index contributed by atoms with van der Waals surface area (Å²) in [7, 11) is -3.48. The van der Waals surface area contributed by atoms with Gasteiger partial charge in [-0.2, -0.15) is 4.31 Å². The molecule has 6 nitrogen and oxygen atoms in total. The highest BCUT2D eigenvalue weighted by Gasteiger charge is 2.34. The van der Waals surface area contributed by atoms with Crippen molar-refractivity contribution in [1.82, 2.24) is 4.31 Å². The van der Waals surface area contributed by atoms with Crippen LogP contribution in [0.5, 0.6) is 0 Å². The van der Waals surface area contributed by atoms with Crippen molar-refractivity contribution in [3.8, 4) is 0 Å². The van der Waals surface area contributed by atoms with Gasteiger partial charge in [0, 0.05) is 10.7 Å². The number of hydrogen-bond donors (Lipinski definition) is 2. The van der Waals surface area contributed by atoms with Crippen molar-refractivity contribution in [2.75, 3.05) is 31.5 Å². The Morgan fingerprint density at radius 3 is 2.26 bits per heavy atom. The normalized spacial score (nSPS) is 17.4. The minimum Gasteiger partial charge on any atom is -0.323 e. The van der Waals surface area contributed by atoms with E-state index >= 15 is 0 Å². The molecule has 2 aromatic carbocycles. The maximum absolute atomic E-state index is 12.7. The molecule has 1 fully saturated rings. The summed E-state index contributed by atoms with van der Waals surface area (Å²) in [5.74, 6) is -0.0910. The summed E-state index contributed by atoms with van der Waals surface area (Å²) in [6.07, 6.45) is 0. The van der Waals surface area contributed by atoms with E-state index in [2.05, 4.69) is 5.32 Å². The third kappa shape index (κ3) is 4.68. The van der Waals surface area contributed by atoms with Gasteiger partial charge in [-0.1, -0.05) is 29.8 Å². The van der Waals surface area contributed by atoms with Gasteiger partial charge in [0.05, 0.1) is 31.1 Å². The van der Waals surface area contributed by atoms with Gasteiger partial charge in [-0.25, -0.2) is 8.42 Å². The molecule has 1 aliphatic heterocycles. The van der Waals surface area contributed by atoms with Crippen molar-refractivity contribution >= 4 is 33.2 Å². The fourth-order valence-corrected chi connectivity index (χ4v) is 4.75. The lowest BCUT2D eigenvalue weighted by Gasteiger charge is -2.34. The van der Waals surface area contributed by atoms with E-state index in [9.17, 15) is 13.2 Å². The van der Waals surface area contributed by atoms with E-state index in [1.165, 1.54) is 4.31 Å². The number of rotatable bonds is 5. The van der Waals surface area contributed by atoms with E-state index in [0.29, 0.717) is 41.8 Å². The Kier molecular flexibility index (Phi) is 6.16. The monoisotopic (exact) mass is 408 g/mol. The Morgan fingerprint density at radius 2 is 1.67 bits per heavy atom. The van der Waals surface area contributed by atoms with Gasteiger partial charge in [-0.05, 0) is 43.3 Å². The molecular weight excluding hydrogens is 386 g/mol. The highest BCUT2D eigenvalue weighted by molar-refractivity contribution is 7.89. The SMILES string of the molecule is C[C@H](C(=O)Nc1ccc(Cl)cc1)[NH+]1CCN(S(=O)(=O)c2ccccc2)CC1. The first-order chi connectivity index (χ1) is 12.9. The molecule has 8 heteroatoms. The smallest absolute Gasteiger partial charge is 0.282 e. The molecule has 1 aliphatic rings. The summed E-state index contributed by atoms with van der Waals surface area (Å²) in [6, 6.07) is 15.1. The number of nitrogens with one attached hydrogen (secondary N) is 2. The molecule has 0 radical (unpaired) electrons. The molecule has 1 amide bonds. The van der Waals surface area contributed by atoms with E-state index in [1.54, 1.807) is 54.6 Å². The van der Waals surface area contributed by atoms with Crippen molar-refractivity contribution in [2.45, 2.75) is 17.9 Å². The van der Waals surface area contributed by atoms with E-state index in [0.717, 1.165) is 4.90 Å². The number of sulfonamides is 1. The van der Waals surface area contributed by atoms with Crippen LogP contribution in [0.4, 0.5) is 5.69 Å². The number of piperazine rings is 1. The maximum atomic E-state index is 12.7. The van der Waals surface area contributed by atoms with E-state index in [1.807, 2.05) is 6.92 Å². The Balaban J connectivity index is 1.58. The van der Waals surface area contributed by atoms with Crippen LogP contribution in [-0.4, -0.2) is 50.9 Å². The van der Waals surface area contributed by atoms with Crippen molar-refractivity contribution < 1.29 is 18.1 Å². The number of carbonyl (C=O) groups excluding carboxylic acids is 1. The molecule has 0 bridgehead atoms. The fourth-order valence-electron chi connectivity index (χ4n) is 3.16. The molecule has 0 aromatic heterocycles. The standard InChI is InChI=1S/C19H22ClN3O3S/c1-15(19(24)21-17-9-7-16(20)8-10-17)22-11-13-23(14-12-22)27(25,26)18-5-3-2-4-6-18/h2-10,15H,11-14H2,1H3,(H,21,24)/p+1/t15-/m1/s1. The van der Waals surface area contributed by atoms with Crippen LogP contribution in [0.3, 0.4) is 0 Å². The minimum absolute atomic E-state index is 0.0910. The molecule has 1 atom stereocenters. The number of carbonyl (C=O) groups is 1. The van der Waals surface area contributed by atoms with Gasteiger partial charge in [-0.3, -0.25) is 4.79 Å². The van der Waals surface area contributed by atoms with Crippen molar-refractivity contribution in [3.63, 3.8) is 0 Å². The number of amides is 1. The molecule has 1 heterocycles. The largest absolute Gasteiger partial charge is 0.323 e. The average molecular weight is 409 g/mol. The Bertz CT molecular complexity index is 880. The van der Waals surface area contributed by atoms with Crippen molar-refractivity contribution in [2.24, 2.45) is 0 Å². The molecule has 1 saturated heterocycles. The second-order valence-corrected chi connectivity index (χ2v) is 8.97. The molecule has 0 saturated carbocycles. The van der Waals surface area contributed by atoms with E-state index < -0.39 is 10.0 Å². The third-order valence-corrected chi connectivity index (χ3v) is 7.03. The van der Waals surface area contributed by atoms with E-state index in [4.69, 9.17) is 11.6 Å². The molecule has 27 heavy (non-hydrogen) atoms. The first-order valence-corrected chi connectivity index (χ1v) is 10.7. The lowest BCUT2D eigenvalue weighted by molar-refractivity contribution is -0.917. The molecule has 0 spiro atoms. The van der Waals surface area contributed by atoms with Crippen molar-refractivity contribution in [3.05, 3.63) is 59.6 Å². The van der Waals surface area contributed by atoms with Gasteiger partial charge >= 0.3 is 0 Å².